The van der Waals surface area contributed by atoms with Crippen molar-refractivity contribution in [2.75, 3.05) is 7.11 Å². The molecule has 7 heteroatoms. The van der Waals surface area contributed by atoms with E-state index >= 15 is 0 Å². The van der Waals surface area contributed by atoms with Gasteiger partial charge in [0.05, 0.1) is 13.2 Å². The first-order chi connectivity index (χ1) is 13.9. The summed E-state index contributed by atoms with van der Waals surface area (Å²) in [4.78, 5) is 16.6. The lowest BCUT2D eigenvalue weighted by Gasteiger charge is -2.17. The highest BCUT2D eigenvalue weighted by Crippen LogP contribution is 2.26. The highest BCUT2D eigenvalue weighted by atomic mass is 19.1. The molecule has 1 atom stereocenters. The van der Waals surface area contributed by atoms with E-state index in [4.69, 9.17) is 9.26 Å². The monoisotopic (exact) mass is 397 g/mol. The van der Waals surface area contributed by atoms with Gasteiger partial charge in [0.15, 0.2) is 0 Å². The Hall–Kier alpha value is -3.22. The Morgan fingerprint density at radius 2 is 2.03 bits per heavy atom. The van der Waals surface area contributed by atoms with Gasteiger partial charge in [-0.2, -0.15) is 4.98 Å². The Bertz CT molecular complexity index is 1020. The van der Waals surface area contributed by atoms with Gasteiger partial charge in [0.25, 0.3) is 0 Å². The molecule has 29 heavy (non-hydrogen) atoms. The molecule has 0 aliphatic heterocycles. The summed E-state index contributed by atoms with van der Waals surface area (Å²) >= 11 is 0. The number of aromatic nitrogens is 2. The lowest BCUT2D eigenvalue weighted by Crippen LogP contribution is -2.27. The summed E-state index contributed by atoms with van der Waals surface area (Å²) in [5, 5.41) is 6.84. The molecule has 0 radical (unpaired) electrons. The van der Waals surface area contributed by atoms with Crippen molar-refractivity contribution in [2.45, 2.75) is 39.7 Å². The molecule has 0 saturated carbocycles. The van der Waals surface area contributed by atoms with Gasteiger partial charge in [0.1, 0.15) is 11.6 Å². The Balaban J connectivity index is 1.59. The smallest absolute Gasteiger partial charge is 0.227 e. The van der Waals surface area contributed by atoms with Gasteiger partial charge >= 0.3 is 0 Å². The molecule has 1 aromatic heterocycles. The molecule has 2 aromatic carbocycles. The fraction of sp³-hybridized carbons (Fsp3) is 0.318. The molecular weight excluding hydrogens is 373 g/mol. The maximum absolute atomic E-state index is 13.7. The van der Waals surface area contributed by atoms with E-state index in [2.05, 4.69) is 15.5 Å². The molecule has 1 heterocycles. The Morgan fingerprint density at radius 3 is 2.76 bits per heavy atom. The van der Waals surface area contributed by atoms with Crippen LogP contribution in [0.5, 0.6) is 5.75 Å². The number of halogens is 1. The minimum atomic E-state index is -0.325. The first-order valence-corrected chi connectivity index (χ1v) is 9.40. The normalized spacial score (nSPS) is 11.9. The van der Waals surface area contributed by atoms with E-state index in [1.54, 1.807) is 26.2 Å². The van der Waals surface area contributed by atoms with E-state index < -0.39 is 0 Å². The molecule has 3 aromatic rings. The molecule has 0 aliphatic carbocycles. The topological polar surface area (TPSA) is 77.2 Å². The molecule has 3 rings (SSSR count). The molecule has 0 spiro atoms. The van der Waals surface area contributed by atoms with Gasteiger partial charge < -0.3 is 14.6 Å². The maximum atomic E-state index is 13.7. The summed E-state index contributed by atoms with van der Waals surface area (Å²) in [6.45, 7) is 5.59. The molecule has 0 saturated heterocycles. The van der Waals surface area contributed by atoms with Crippen LogP contribution in [0.1, 0.15) is 42.0 Å². The van der Waals surface area contributed by atoms with Gasteiger partial charge in [0, 0.05) is 24.0 Å². The van der Waals surface area contributed by atoms with Crippen LogP contribution in [0.2, 0.25) is 0 Å². The van der Waals surface area contributed by atoms with Crippen LogP contribution in [0.3, 0.4) is 0 Å². The molecule has 0 fully saturated rings. The van der Waals surface area contributed by atoms with Crippen molar-refractivity contribution in [1.82, 2.24) is 15.5 Å². The predicted molar refractivity (Wildman–Crippen MR) is 107 cm³/mol. The van der Waals surface area contributed by atoms with Crippen LogP contribution in [0, 0.1) is 19.7 Å². The zero-order valence-electron chi connectivity index (χ0n) is 17.0. The minimum Gasteiger partial charge on any atom is -0.496 e. The molecule has 1 amide bonds. The average Bonchev–Trinajstić information content (AvgIpc) is 3.17. The minimum absolute atomic E-state index is 0.137. The third kappa shape index (κ3) is 4.99. The molecule has 0 aliphatic rings. The zero-order valence-corrected chi connectivity index (χ0v) is 17.0. The van der Waals surface area contributed by atoms with Gasteiger partial charge in [-0.3, -0.25) is 4.79 Å². The first kappa shape index (κ1) is 20.5. The van der Waals surface area contributed by atoms with Gasteiger partial charge in [-0.25, -0.2) is 4.39 Å². The number of ether oxygens (including phenoxy) is 1. The predicted octanol–water partition coefficient (Wildman–Crippen LogP) is 4.31. The van der Waals surface area contributed by atoms with E-state index in [1.165, 1.54) is 6.07 Å². The van der Waals surface area contributed by atoms with E-state index in [0.29, 0.717) is 29.3 Å². The van der Waals surface area contributed by atoms with Crippen molar-refractivity contribution in [3.63, 3.8) is 0 Å². The second-order valence-electron chi connectivity index (χ2n) is 7.01. The van der Waals surface area contributed by atoms with Gasteiger partial charge in [-0.15, -0.1) is 0 Å². The van der Waals surface area contributed by atoms with Crippen LogP contribution in [0.25, 0.3) is 11.4 Å². The number of benzene rings is 2. The quantitative estimate of drug-likeness (QED) is 0.643. The zero-order chi connectivity index (χ0) is 21.0. The molecule has 1 unspecified atom stereocenters. The van der Waals surface area contributed by atoms with Gasteiger partial charge in [-0.05, 0) is 38.5 Å². The second kappa shape index (κ2) is 8.86. The maximum Gasteiger partial charge on any atom is 0.227 e. The number of carbonyl (C=O) groups is 1. The lowest BCUT2D eigenvalue weighted by molar-refractivity contribution is -0.121. The Labute approximate surface area is 169 Å². The third-order valence-corrected chi connectivity index (χ3v) is 4.69. The summed E-state index contributed by atoms with van der Waals surface area (Å²) < 4.78 is 24.3. The fourth-order valence-electron chi connectivity index (χ4n) is 3.01. The summed E-state index contributed by atoms with van der Waals surface area (Å²) in [6, 6.07) is 10.4. The second-order valence-corrected chi connectivity index (χ2v) is 7.01. The van der Waals surface area contributed by atoms with Crippen LogP contribution >= 0.6 is 0 Å². The summed E-state index contributed by atoms with van der Waals surface area (Å²) in [7, 11) is 1.61. The number of methoxy groups -OCH3 is 1. The van der Waals surface area contributed by atoms with Gasteiger partial charge in [0.2, 0.25) is 17.6 Å². The van der Waals surface area contributed by atoms with Crippen molar-refractivity contribution in [3.05, 3.63) is 64.8 Å². The number of nitrogens with zero attached hydrogens (tertiary/aromatic N) is 2. The van der Waals surface area contributed by atoms with Crippen LogP contribution in [-0.4, -0.2) is 23.2 Å². The summed E-state index contributed by atoms with van der Waals surface area (Å²) in [6.07, 6.45) is 0.493. The first-order valence-electron chi connectivity index (χ1n) is 9.40. The Kier molecular flexibility index (Phi) is 6.26. The van der Waals surface area contributed by atoms with E-state index in [0.717, 1.165) is 16.9 Å². The lowest BCUT2D eigenvalue weighted by atomic mass is 10.0. The van der Waals surface area contributed by atoms with Crippen molar-refractivity contribution < 1.29 is 18.4 Å². The largest absolute Gasteiger partial charge is 0.496 e. The highest BCUT2D eigenvalue weighted by Gasteiger charge is 2.16. The van der Waals surface area contributed by atoms with Crippen molar-refractivity contribution in [1.29, 1.82) is 0 Å². The molecular formula is C22H24FN3O3. The van der Waals surface area contributed by atoms with E-state index in [-0.39, 0.29) is 24.2 Å². The van der Waals surface area contributed by atoms with Gasteiger partial charge in [-0.1, -0.05) is 35.0 Å². The number of amides is 1. The number of hydrogen-bond acceptors (Lipinski definition) is 5. The van der Waals surface area contributed by atoms with E-state index in [9.17, 15) is 9.18 Å². The Morgan fingerprint density at radius 1 is 1.24 bits per heavy atom. The summed E-state index contributed by atoms with van der Waals surface area (Å²) in [5.41, 5.74) is 3.09. The van der Waals surface area contributed by atoms with Crippen LogP contribution in [0.4, 0.5) is 4.39 Å². The SMILES string of the molecule is COc1ccc(C)cc1C(C)NC(=O)CCc1nc(-c2ccc(C)c(F)c2)no1. The molecule has 1 N–H and O–H groups in total. The number of aryl methyl sites for hydroxylation is 3. The van der Waals surface area contributed by atoms with Crippen molar-refractivity contribution in [3.8, 4) is 17.1 Å². The van der Waals surface area contributed by atoms with E-state index in [1.807, 2.05) is 32.0 Å². The fourth-order valence-corrected chi connectivity index (χ4v) is 3.01. The average molecular weight is 397 g/mol. The number of rotatable bonds is 7. The van der Waals surface area contributed by atoms with Crippen LogP contribution < -0.4 is 10.1 Å². The standard InChI is InChI=1S/C22H24FN3O3/c1-13-5-8-19(28-4)17(11-13)15(3)24-20(27)9-10-21-25-22(26-29-21)16-7-6-14(2)18(23)12-16/h5-8,11-12,15H,9-10H2,1-4H3,(H,24,27). The highest BCUT2D eigenvalue weighted by molar-refractivity contribution is 5.76. The molecule has 0 bridgehead atoms. The molecule has 152 valence electrons. The van der Waals surface area contributed by atoms with Crippen molar-refractivity contribution >= 4 is 5.91 Å². The number of hydrogen-bond donors (Lipinski definition) is 1. The third-order valence-electron chi connectivity index (χ3n) is 4.69. The van der Waals surface area contributed by atoms with Crippen LogP contribution in [0.15, 0.2) is 40.9 Å². The van der Waals surface area contributed by atoms with Crippen molar-refractivity contribution in [2.24, 2.45) is 0 Å². The molecule has 6 nitrogen and oxygen atoms in total. The van der Waals surface area contributed by atoms with Crippen LogP contribution in [-0.2, 0) is 11.2 Å². The summed E-state index contributed by atoms with van der Waals surface area (Å²) in [5.74, 6) is 0.903. The number of carbonyl (C=O) groups excluding carboxylic acids is 1. The number of nitrogens with one attached hydrogen (secondary N) is 1.